The van der Waals surface area contributed by atoms with Crippen LogP contribution in [0.25, 0.3) is 0 Å². The first-order valence-corrected chi connectivity index (χ1v) is 9.28. The van der Waals surface area contributed by atoms with E-state index in [0.29, 0.717) is 24.2 Å². The van der Waals surface area contributed by atoms with Crippen molar-refractivity contribution in [3.63, 3.8) is 0 Å². The summed E-state index contributed by atoms with van der Waals surface area (Å²) in [5.41, 5.74) is 1.31. The molecule has 0 radical (unpaired) electrons. The van der Waals surface area contributed by atoms with Gasteiger partial charge in [0.05, 0.1) is 6.10 Å². The lowest BCUT2D eigenvalue weighted by atomic mass is 9.54. The molecule has 1 aromatic rings. The van der Waals surface area contributed by atoms with Gasteiger partial charge < -0.3 is 14.4 Å². The van der Waals surface area contributed by atoms with Crippen LogP contribution in [0.5, 0.6) is 0 Å². The molecular weight excluding hydrogens is 302 g/mol. The monoisotopic (exact) mass is 333 g/mol. The second-order valence-electron chi connectivity index (χ2n) is 7.32. The average molecular weight is 333 g/mol. The molecule has 2 atom stereocenters. The number of aryl methyl sites for hydroxylation is 1. The SMILES string of the molecule is CCOC1CC(N(C)c2cc(C)nc(COC)n2)C12CCCCC2. The van der Waals surface area contributed by atoms with E-state index < -0.39 is 0 Å². The van der Waals surface area contributed by atoms with Gasteiger partial charge in [-0.3, -0.25) is 0 Å². The van der Waals surface area contributed by atoms with Crippen molar-refractivity contribution < 1.29 is 9.47 Å². The highest BCUT2D eigenvalue weighted by molar-refractivity contribution is 5.42. The molecule has 0 N–H and O–H groups in total. The van der Waals surface area contributed by atoms with Crippen LogP contribution in [0.3, 0.4) is 0 Å². The van der Waals surface area contributed by atoms with E-state index in [2.05, 4.69) is 29.9 Å². The van der Waals surface area contributed by atoms with E-state index in [9.17, 15) is 0 Å². The third-order valence-electron chi connectivity index (χ3n) is 5.88. The van der Waals surface area contributed by atoms with Gasteiger partial charge in [-0.25, -0.2) is 9.97 Å². The van der Waals surface area contributed by atoms with Crippen molar-refractivity contribution in [3.05, 3.63) is 17.6 Å². The Morgan fingerprint density at radius 1 is 1.25 bits per heavy atom. The van der Waals surface area contributed by atoms with Crippen LogP contribution in [0.15, 0.2) is 6.07 Å². The van der Waals surface area contributed by atoms with Crippen LogP contribution in [0.2, 0.25) is 0 Å². The fourth-order valence-corrected chi connectivity index (χ4v) is 4.72. The molecule has 1 heterocycles. The number of anilines is 1. The molecule has 0 saturated heterocycles. The van der Waals surface area contributed by atoms with E-state index in [1.165, 1.54) is 32.1 Å². The van der Waals surface area contributed by atoms with Gasteiger partial charge in [0.1, 0.15) is 12.4 Å². The summed E-state index contributed by atoms with van der Waals surface area (Å²) in [6.45, 7) is 5.41. The number of ether oxygens (including phenoxy) is 2. The first-order chi connectivity index (χ1) is 11.6. The van der Waals surface area contributed by atoms with Crippen molar-refractivity contribution in [2.24, 2.45) is 5.41 Å². The second-order valence-corrected chi connectivity index (χ2v) is 7.32. The lowest BCUT2D eigenvalue weighted by Gasteiger charge is -2.60. The zero-order valence-electron chi connectivity index (χ0n) is 15.5. The van der Waals surface area contributed by atoms with Crippen LogP contribution in [0, 0.1) is 12.3 Å². The minimum absolute atomic E-state index is 0.309. The van der Waals surface area contributed by atoms with Gasteiger partial charge in [-0.1, -0.05) is 19.3 Å². The van der Waals surface area contributed by atoms with Crippen molar-refractivity contribution in [3.8, 4) is 0 Å². The third kappa shape index (κ3) is 3.16. The minimum atomic E-state index is 0.309. The summed E-state index contributed by atoms with van der Waals surface area (Å²) in [5.74, 6) is 1.78. The Bertz CT molecular complexity index is 558. The molecule has 0 amide bonds. The van der Waals surface area contributed by atoms with Crippen LogP contribution in [-0.2, 0) is 16.1 Å². The Kier molecular flexibility index (Phi) is 5.40. The van der Waals surface area contributed by atoms with Gasteiger partial charge in [-0.05, 0) is 33.1 Å². The van der Waals surface area contributed by atoms with Crippen molar-refractivity contribution in [1.29, 1.82) is 0 Å². The summed E-state index contributed by atoms with van der Waals surface area (Å²) < 4.78 is 11.3. The topological polar surface area (TPSA) is 47.5 Å². The number of methoxy groups -OCH3 is 1. The summed E-state index contributed by atoms with van der Waals surface area (Å²) in [5, 5.41) is 0. The first kappa shape index (κ1) is 17.6. The minimum Gasteiger partial charge on any atom is -0.378 e. The van der Waals surface area contributed by atoms with Crippen LogP contribution in [-0.4, -0.2) is 42.9 Å². The van der Waals surface area contributed by atoms with Crippen molar-refractivity contribution in [2.45, 2.75) is 71.1 Å². The zero-order valence-corrected chi connectivity index (χ0v) is 15.5. The van der Waals surface area contributed by atoms with E-state index in [1.54, 1.807) is 7.11 Å². The van der Waals surface area contributed by atoms with Gasteiger partial charge >= 0.3 is 0 Å². The molecular formula is C19H31N3O2. The van der Waals surface area contributed by atoms with Gasteiger partial charge in [0.2, 0.25) is 0 Å². The predicted molar refractivity (Wildman–Crippen MR) is 95.2 cm³/mol. The van der Waals surface area contributed by atoms with E-state index in [0.717, 1.165) is 30.4 Å². The predicted octanol–water partition coefficient (Wildman–Crippen LogP) is 3.50. The van der Waals surface area contributed by atoms with Crippen LogP contribution in [0.1, 0.15) is 57.0 Å². The van der Waals surface area contributed by atoms with E-state index in [1.807, 2.05) is 6.92 Å². The van der Waals surface area contributed by atoms with Crippen molar-refractivity contribution in [1.82, 2.24) is 9.97 Å². The smallest absolute Gasteiger partial charge is 0.156 e. The quantitative estimate of drug-likeness (QED) is 0.797. The molecule has 24 heavy (non-hydrogen) atoms. The van der Waals surface area contributed by atoms with Gasteiger partial charge in [0, 0.05) is 44.0 Å². The molecule has 3 rings (SSSR count). The average Bonchev–Trinajstić information content (AvgIpc) is 2.58. The highest BCUT2D eigenvalue weighted by atomic mass is 16.5. The molecule has 5 nitrogen and oxygen atoms in total. The van der Waals surface area contributed by atoms with Gasteiger partial charge in [0.15, 0.2) is 5.82 Å². The molecule has 1 spiro atoms. The van der Waals surface area contributed by atoms with E-state index in [-0.39, 0.29) is 0 Å². The highest BCUT2D eigenvalue weighted by Gasteiger charge is 2.57. The summed E-state index contributed by atoms with van der Waals surface area (Å²) in [4.78, 5) is 11.6. The standard InChI is InChI=1S/C19H31N3O2/c1-5-24-16-12-15(19(16)9-7-6-8-10-19)22(3)18-11-14(2)20-17(21-18)13-23-4/h11,15-16H,5-10,12-13H2,1-4H3. The fraction of sp³-hybridized carbons (Fsp3) is 0.789. The molecule has 2 unspecified atom stereocenters. The summed E-state index contributed by atoms with van der Waals surface area (Å²) >= 11 is 0. The van der Waals surface area contributed by atoms with Gasteiger partial charge in [-0.15, -0.1) is 0 Å². The lowest BCUT2D eigenvalue weighted by molar-refractivity contribution is -0.141. The van der Waals surface area contributed by atoms with Crippen LogP contribution >= 0.6 is 0 Å². The second kappa shape index (κ2) is 7.36. The van der Waals surface area contributed by atoms with Crippen LogP contribution < -0.4 is 4.90 Å². The highest BCUT2D eigenvalue weighted by Crippen LogP contribution is 2.55. The maximum atomic E-state index is 6.09. The normalized spacial score (nSPS) is 25.5. The lowest BCUT2D eigenvalue weighted by Crippen LogP contribution is -2.65. The number of hydrogen-bond acceptors (Lipinski definition) is 5. The first-order valence-electron chi connectivity index (χ1n) is 9.28. The molecule has 0 bridgehead atoms. The number of hydrogen-bond donors (Lipinski definition) is 0. The molecule has 2 aliphatic carbocycles. The Morgan fingerprint density at radius 2 is 2.00 bits per heavy atom. The number of rotatable bonds is 6. The molecule has 2 saturated carbocycles. The molecule has 2 aliphatic rings. The van der Waals surface area contributed by atoms with Crippen LogP contribution in [0.4, 0.5) is 5.82 Å². The number of aromatic nitrogens is 2. The van der Waals surface area contributed by atoms with Gasteiger partial charge in [0.25, 0.3) is 0 Å². The molecule has 5 heteroatoms. The zero-order chi connectivity index (χ0) is 17.2. The Hall–Kier alpha value is -1.20. The Morgan fingerprint density at radius 3 is 2.67 bits per heavy atom. The van der Waals surface area contributed by atoms with E-state index >= 15 is 0 Å². The fourth-order valence-electron chi connectivity index (χ4n) is 4.72. The molecule has 2 fully saturated rings. The summed E-state index contributed by atoms with van der Waals surface area (Å²) in [6, 6.07) is 2.60. The van der Waals surface area contributed by atoms with E-state index in [4.69, 9.17) is 14.5 Å². The largest absolute Gasteiger partial charge is 0.378 e. The maximum absolute atomic E-state index is 6.09. The Balaban J connectivity index is 1.82. The van der Waals surface area contributed by atoms with Crippen molar-refractivity contribution >= 4 is 5.82 Å². The summed E-state index contributed by atoms with van der Waals surface area (Å²) in [6.07, 6.45) is 8.09. The summed E-state index contributed by atoms with van der Waals surface area (Å²) in [7, 11) is 3.87. The Labute approximate surface area is 145 Å². The molecule has 1 aromatic heterocycles. The molecule has 0 aromatic carbocycles. The molecule has 134 valence electrons. The third-order valence-corrected chi connectivity index (χ3v) is 5.88. The number of nitrogens with zero attached hydrogens (tertiary/aromatic N) is 3. The maximum Gasteiger partial charge on any atom is 0.156 e. The van der Waals surface area contributed by atoms with Crippen molar-refractivity contribution in [2.75, 3.05) is 25.7 Å². The van der Waals surface area contributed by atoms with Gasteiger partial charge in [-0.2, -0.15) is 0 Å². The molecule has 0 aliphatic heterocycles.